The third-order valence-electron chi connectivity index (χ3n) is 2.11. The Morgan fingerprint density at radius 3 is 2.64 bits per heavy atom. The molecule has 74 valence electrons. The van der Waals surface area contributed by atoms with E-state index in [2.05, 4.69) is 48.4 Å². The van der Waals surface area contributed by atoms with Crippen LogP contribution in [-0.4, -0.2) is 26.2 Å². The van der Waals surface area contributed by atoms with Gasteiger partial charge >= 0.3 is 90.7 Å². The molecule has 14 heavy (non-hydrogen) atoms. The topological polar surface area (TPSA) is 24.4 Å². The molecule has 1 aliphatic heterocycles. The number of nitrogens with one attached hydrogen (secondary N) is 1. The predicted molar refractivity (Wildman–Crippen MR) is 62.3 cm³/mol. The summed E-state index contributed by atoms with van der Waals surface area (Å²) in [6, 6.07) is 8.45. The van der Waals surface area contributed by atoms with Gasteiger partial charge in [0.25, 0.3) is 0 Å². The molecule has 1 N–H and O–H groups in total. The molecule has 2 nitrogen and oxygen atoms in total. The van der Waals surface area contributed by atoms with Crippen molar-refractivity contribution in [2.24, 2.45) is 4.99 Å². The molecule has 3 heteroatoms. The predicted octanol–water partition coefficient (Wildman–Crippen LogP) is 2.29. The van der Waals surface area contributed by atoms with Crippen LogP contribution in [0.5, 0.6) is 0 Å². The first-order valence-corrected chi connectivity index (χ1v) is 6.63. The van der Waals surface area contributed by atoms with E-state index in [-0.39, 0.29) is 0 Å². The molecular formula is C11H14N2Se. The van der Waals surface area contributed by atoms with E-state index >= 15 is 0 Å². The quantitative estimate of drug-likeness (QED) is 0.763. The van der Waals surface area contributed by atoms with Crippen LogP contribution in [0.2, 0.25) is 4.82 Å². The molecule has 0 bridgehead atoms. The van der Waals surface area contributed by atoms with Gasteiger partial charge in [0.1, 0.15) is 0 Å². The van der Waals surface area contributed by atoms with Gasteiger partial charge in [0.2, 0.25) is 0 Å². The van der Waals surface area contributed by atoms with Gasteiger partial charge in [-0.3, -0.25) is 0 Å². The molecule has 1 unspecified atom stereocenters. The van der Waals surface area contributed by atoms with Crippen molar-refractivity contribution in [3.8, 4) is 0 Å². The van der Waals surface area contributed by atoms with Crippen molar-refractivity contribution in [1.29, 1.82) is 0 Å². The van der Waals surface area contributed by atoms with E-state index in [0.29, 0.717) is 15.0 Å². The number of rotatable bonds is 1. The molecule has 0 aromatic heterocycles. The Morgan fingerprint density at radius 2 is 2.07 bits per heavy atom. The Morgan fingerprint density at radius 1 is 1.36 bits per heavy atom. The van der Waals surface area contributed by atoms with Gasteiger partial charge in [0.05, 0.1) is 0 Å². The summed E-state index contributed by atoms with van der Waals surface area (Å²) < 4.78 is 1.19. The molecule has 1 aromatic carbocycles. The van der Waals surface area contributed by atoms with E-state index in [1.54, 1.807) is 0 Å². The number of aliphatic imine (C=N–C) groups is 1. The maximum absolute atomic E-state index is 4.47. The summed E-state index contributed by atoms with van der Waals surface area (Å²) in [6.07, 6.45) is 0. The summed E-state index contributed by atoms with van der Waals surface area (Å²) >= 11 is 0.533. The Kier molecular flexibility index (Phi) is 2.90. The zero-order chi connectivity index (χ0) is 9.97. The van der Waals surface area contributed by atoms with E-state index < -0.39 is 0 Å². The SMILES string of the molecule is Cc1ccc(NC2=NCC(C)[Se]2)cc1. The van der Waals surface area contributed by atoms with Crippen LogP contribution < -0.4 is 5.32 Å². The van der Waals surface area contributed by atoms with Crippen LogP contribution in [0.4, 0.5) is 5.69 Å². The van der Waals surface area contributed by atoms with Crippen molar-refractivity contribution in [2.75, 3.05) is 11.9 Å². The molecule has 1 aliphatic rings. The van der Waals surface area contributed by atoms with Crippen LogP contribution in [0.3, 0.4) is 0 Å². The van der Waals surface area contributed by atoms with E-state index in [1.165, 1.54) is 10.3 Å². The standard InChI is InChI=1S/C11H14N2Se/c1-8-3-5-10(6-4-8)13-11-12-7-9(2)14-11/h3-6,9H,7H2,1-2H3,(H,12,13). The third-order valence-corrected chi connectivity index (χ3v) is 4.22. The Hall–Kier alpha value is -0.791. The van der Waals surface area contributed by atoms with Crippen LogP contribution in [0.15, 0.2) is 29.3 Å². The van der Waals surface area contributed by atoms with Gasteiger partial charge < -0.3 is 0 Å². The van der Waals surface area contributed by atoms with Crippen LogP contribution in [-0.2, 0) is 0 Å². The van der Waals surface area contributed by atoms with Gasteiger partial charge in [0.15, 0.2) is 0 Å². The maximum atomic E-state index is 4.47. The molecule has 0 saturated carbocycles. The number of nitrogens with zero attached hydrogens (tertiary/aromatic N) is 1. The number of amidine groups is 1. The van der Waals surface area contributed by atoms with Crippen molar-refractivity contribution < 1.29 is 0 Å². The van der Waals surface area contributed by atoms with Gasteiger partial charge in [-0.1, -0.05) is 0 Å². The van der Waals surface area contributed by atoms with E-state index in [0.717, 1.165) is 17.0 Å². The number of hydrogen-bond acceptors (Lipinski definition) is 2. The van der Waals surface area contributed by atoms with Crippen LogP contribution >= 0.6 is 0 Å². The molecule has 2 rings (SSSR count). The number of aryl methyl sites for hydroxylation is 1. The van der Waals surface area contributed by atoms with Crippen LogP contribution in [0.25, 0.3) is 0 Å². The van der Waals surface area contributed by atoms with Crippen molar-refractivity contribution in [2.45, 2.75) is 18.7 Å². The summed E-state index contributed by atoms with van der Waals surface area (Å²) in [5.41, 5.74) is 2.45. The molecule has 0 amide bonds. The van der Waals surface area contributed by atoms with Crippen molar-refractivity contribution in [3.63, 3.8) is 0 Å². The number of benzene rings is 1. The van der Waals surface area contributed by atoms with E-state index in [1.807, 2.05) is 0 Å². The van der Waals surface area contributed by atoms with Gasteiger partial charge in [-0.2, -0.15) is 0 Å². The molecule has 0 saturated heterocycles. The van der Waals surface area contributed by atoms with Gasteiger partial charge in [-0.15, -0.1) is 0 Å². The van der Waals surface area contributed by atoms with Crippen molar-refractivity contribution in [1.82, 2.24) is 0 Å². The summed E-state index contributed by atoms with van der Waals surface area (Å²) in [5.74, 6) is 0. The Labute approximate surface area is 91.0 Å². The zero-order valence-corrected chi connectivity index (χ0v) is 10.2. The van der Waals surface area contributed by atoms with Crippen LogP contribution in [0, 0.1) is 6.92 Å². The second-order valence-electron chi connectivity index (χ2n) is 3.57. The fraction of sp³-hybridized carbons (Fsp3) is 0.364. The molecule has 0 fully saturated rings. The summed E-state index contributed by atoms with van der Waals surface area (Å²) in [5, 5.41) is 3.38. The fourth-order valence-corrected chi connectivity index (χ4v) is 3.10. The minimum absolute atomic E-state index is 0.533. The first-order chi connectivity index (χ1) is 6.74. The molecule has 0 radical (unpaired) electrons. The van der Waals surface area contributed by atoms with Gasteiger partial charge in [-0.25, -0.2) is 0 Å². The second-order valence-corrected chi connectivity index (χ2v) is 6.56. The second kappa shape index (κ2) is 4.16. The average molecular weight is 253 g/mol. The number of hydrogen-bond donors (Lipinski definition) is 1. The van der Waals surface area contributed by atoms with Gasteiger partial charge in [0, 0.05) is 0 Å². The Bertz CT molecular complexity index is 343. The molecule has 1 atom stereocenters. The van der Waals surface area contributed by atoms with E-state index in [9.17, 15) is 0 Å². The Balaban J connectivity index is 2.01. The van der Waals surface area contributed by atoms with Crippen molar-refractivity contribution >= 4 is 25.4 Å². The first-order valence-electron chi connectivity index (χ1n) is 4.79. The summed E-state index contributed by atoms with van der Waals surface area (Å²) in [6.45, 7) is 5.35. The van der Waals surface area contributed by atoms with Crippen LogP contribution in [0.1, 0.15) is 12.5 Å². The molecule has 0 aliphatic carbocycles. The molecule has 1 heterocycles. The summed E-state index contributed by atoms with van der Waals surface area (Å²) in [7, 11) is 0. The first kappa shape index (κ1) is 9.75. The number of anilines is 1. The zero-order valence-electron chi connectivity index (χ0n) is 8.45. The molecule has 1 aromatic rings. The average Bonchev–Trinajstić information content (AvgIpc) is 2.56. The monoisotopic (exact) mass is 254 g/mol. The van der Waals surface area contributed by atoms with Gasteiger partial charge in [-0.05, 0) is 0 Å². The van der Waals surface area contributed by atoms with E-state index in [4.69, 9.17) is 0 Å². The third kappa shape index (κ3) is 2.37. The summed E-state index contributed by atoms with van der Waals surface area (Å²) in [4.78, 5) is 5.23. The van der Waals surface area contributed by atoms with Crippen molar-refractivity contribution in [3.05, 3.63) is 29.8 Å². The molecular weight excluding hydrogens is 239 g/mol. The fourth-order valence-electron chi connectivity index (χ4n) is 1.31. The normalized spacial score (nSPS) is 20.7. The molecule has 0 spiro atoms. The minimum atomic E-state index is 0.533.